The SMILES string of the molecule is Cc1cc(C2CCC2)oc(=O)c1C(=O)NC1CCC(Oc2ccc3c(c2)OCO3)CC1. The molecule has 2 aliphatic carbocycles. The summed E-state index contributed by atoms with van der Waals surface area (Å²) in [6.07, 6.45) is 6.59. The van der Waals surface area contributed by atoms with Gasteiger partial charge in [-0.2, -0.15) is 0 Å². The molecule has 2 saturated carbocycles. The summed E-state index contributed by atoms with van der Waals surface area (Å²) in [4.78, 5) is 25.2. The van der Waals surface area contributed by atoms with E-state index in [1.807, 2.05) is 31.2 Å². The molecule has 2 heterocycles. The van der Waals surface area contributed by atoms with E-state index in [1.165, 1.54) is 0 Å². The maximum Gasteiger partial charge on any atom is 0.349 e. The largest absolute Gasteiger partial charge is 0.490 e. The van der Waals surface area contributed by atoms with Crippen LogP contribution >= 0.6 is 0 Å². The highest BCUT2D eigenvalue weighted by Crippen LogP contribution is 2.37. The Morgan fingerprint density at radius 1 is 1.03 bits per heavy atom. The first-order valence-corrected chi connectivity index (χ1v) is 11.1. The summed E-state index contributed by atoms with van der Waals surface area (Å²) >= 11 is 0. The van der Waals surface area contributed by atoms with E-state index in [4.69, 9.17) is 18.6 Å². The van der Waals surface area contributed by atoms with Gasteiger partial charge in [-0.1, -0.05) is 6.42 Å². The first-order chi connectivity index (χ1) is 15.1. The fourth-order valence-electron chi connectivity index (χ4n) is 4.53. The molecular weight excluding hydrogens is 398 g/mol. The Morgan fingerprint density at radius 2 is 1.81 bits per heavy atom. The van der Waals surface area contributed by atoms with Crippen LogP contribution < -0.4 is 25.2 Å². The van der Waals surface area contributed by atoms with Crippen LogP contribution in [0.4, 0.5) is 0 Å². The molecule has 5 rings (SSSR count). The van der Waals surface area contributed by atoms with Crippen LogP contribution in [0.1, 0.15) is 72.5 Å². The van der Waals surface area contributed by atoms with Gasteiger partial charge in [-0.25, -0.2) is 4.79 Å². The minimum Gasteiger partial charge on any atom is -0.490 e. The highest BCUT2D eigenvalue weighted by Gasteiger charge is 2.28. The van der Waals surface area contributed by atoms with E-state index < -0.39 is 5.63 Å². The van der Waals surface area contributed by atoms with Gasteiger partial charge in [0.05, 0.1) is 6.10 Å². The van der Waals surface area contributed by atoms with Crippen LogP contribution in [-0.2, 0) is 0 Å². The molecule has 0 radical (unpaired) electrons. The number of rotatable bonds is 5. The Hall–Kier alpha value is -2.96. The number of benzene rings is 1. The second-order valence-corrected chi connectivity index (χ2v) is 8.70. The van der Waals surface area contributed by atoms with Gasteiger partial charge in [0, 0.05) is 18.0 Å². The third kappa shape index (κ3) is 4.13. The van der Waals surface area contributed by atoms with Crippen molar-refractivity contribution in [1.82, 2.24) is 5.32 Å². The van der Waals surface area contributed by atoms with E-state index in [1.54, 1.807) is 0 Å². The summed E-state index contributed by atoms with van der Waals surface area (Å²) in [6, 6.07) is 7.47. The van der Waals surface area contributed by atoms with Gasteiger partial charge in [0.1, 0.15) is 17.1 Å². The molecule has 2 fully saturated rings. The smallest absolute Gasteiger partial charge is 0.349 e. The quantitative estimate of drug-likeness (QED) is 0.777. The number of hydrogen-bond donors (Lipinski definition) is 1. The van der Waals surface area contributed by atoms with Crippen LogP contribution in [0, 0.1) is 6.92 Å². The van der Waals surface area contributed by atoms with Crippen LogP contribution in [0.25, 0.3) is 0 Å². The summed E-state index contributed by atoms with van der Waals surface area (Å²) in [7, 11) is 0. The van der Waals surface area contributed by atoms with Crippen LogP contribution in [0.2, 0.25) is 0 Å². The van der Waals surface area contributed by atoms with Crippen molar-refractivity contribution < 1.29 is 23.4 Å². The summed E-state index contributed by atoms with van der Waals surface area (Å²) in [6.45, 7) is 2.05. The van der Waals surface area contributed by atoms with Gasteiger partial charge >= 0.3 is 5.63 Å². The van der Waals surface area contributed by atoms with E-state index >= 15 is 0 Å². The van der Waals surface area contributed by atoms with Gasteiger partial charge in [0.15, 0.2) is 11.5 Å². The molecule has 0 atom stereocenters. The van der Waals surface area contributed by atoms with Crippen molar-refractivity contribution in [3.05, 3.63) is 51.6 Å². The lowest BCUT2D eigenvalue weighted by atomic mass is 9.83. The molecule has 2 aromatic rings. The fourth-order valence-corrected chi connectivity index (χ4v) is 4.53. The predicted octanol–water partition coefficient (Wildman–Crippen LogP) is 4.06. The van der Waals surface area contributed by atoms with E-state index in [9.17, 15) is 9.59 Å². The molecule has 1 N–H and O–H groups in total. The van der Waals surface area contributed by atoms with E-state index in [0.717, 1.165) is 56.4 Å². The third-order valence-electron chi connectivity index (χ3n) is 6.56. The number of ether oxygens (including phenoxy) is 3. The molecule has 164 valence electrons. The summed E-state index contributed by atoms with van der Waals surface area (Å²) < 4.78 is 22.3. The van der Waals surface area contributed by atoms with Gasteiger partial charge in [-0.05, 0) is 69.2 Å². The van der Waals surface area contributed by atoms with Gasteiger partial charge in [0.2, 0.25) is 6.79 Å². The third-order valence-corrected chi connectivity index (χ3v) is 6.56. The Kier molecular flexibility index (Phi) is 5.34. The Bertz CT molecular complexity index is 1030. The molecule has 1 aromatic heterocycles. The van der Waals surface area contributed by atoms with E-state index in [0.29, 0.717) is 23.0 Å². The van der Waals surface area contributed by atoms with Gasteiger partial charge < -0.3 is 23.9 Å². The maximum atomic E-state index is 12.8. The van der Waals surface area contributed by atoms with Crippen LogP contribution in [0.3, 0.4) is 0 Å². The molecule has 0 unspecified atom stereocenters. The van der Waals surface area contributed by atoms with Crippen LogP contribution in [-0.4, -0.2) is 24.8 Å². The number of hydrogen-bond acceptors (Lipinski definition) is 6. The number of carbonyl (C=O) groups is 1. The van der Waals surface area contributed by atoms with Gasteiger partial charge in [-0.3, -0.25) is 4.79 Å². The predicted molar refractivity (Wildman–Crippen MR) is 113 cm³/mol. The van der Waals surface area contributed by atoms with Crippen molar-refractivity contribution in [2.75, 3.05) is 6.79 Å². The first kappa shape index (κ1) is 20.0. The number of aryl methyl sites for hydroxylation is 1. The minimum atomic E-state index is -0.528. The summed E-state index contributed by atoms with van der Waals surface area (Å²) in [5.41, 5.74) is 0.288. The highest BCUT2D eigenvalue weighted by atomic mass is 16.7. The molecule has 3 aliphatic rings. The Morgan fingerprint density at radius 3 is 2.52 bits per heavy atom. The Balaban J connectivity index is 1.16. The van der Waals surface area contributed by atoms with E-state index in [2.05, 4.69) is 5.32 Å². The number of nitrogens with one attached hydrogen (secondary N) is 1. The van der Waals surface area contributed by atoms with Crippen LogP contribution in [0.15, 0.2) is 33.5 Å². The summed E-state index contributed by atoms with van der Waals surface area (Å²) in [5.74, 6) is 2.90. The lowest BCUT2D eigenvalue weighted by molar-refractivity contribution is 0.0888. The first-order valence-electron chi connectivity index (χ1n) is 11.1. The second kappa shape index (κ2) is 8.29. The minimum absolute atomic E-state index is 0.0224. The zero-order valence-electron chi connectivity index (χ0n) is 17.6. The molecule has 1 amide bonds. The van der Waals surface area contributed by atoms with Crippen molar-refractivity contribution in [3.63, 3.8) is 0 Å². The van der Waals surface area contributed by atoms with Crippen molar-refractivity contribution in [2.45, 2.75) is 69.9 Å². The molecule has 31 heavy (non-hydrogen) atoms. The monoisotopic (exact) mass is 425 g/mol. The standard InChI is InChI=1S/C24H27NO6/c1-14-11-20(15-3-2-4-15)31-24(27)22(14)23(26)25-16-5-7-17(8-6-16)30-18-9-10-19-21(12-18)29-13-28-19/h9-12,15-17H,2-8,13H2,1H3,(H,25,26). The van der Waals surface area contributed by atoms with Crippen LogP contribution in [0.5, 0.6) is 17.2 Å². The van der Waals surface area contributed by atoms with Gasteiger partial charge in [0.25, 0.3) is 5.91 Å². The summed E-state index contributed by atoms with van der Waals surface area (Å²) in [5, 5.41) is 3.02. The Labute approximate surface area is 180 Å². The molecule has 1 aliphatic heterocycles. The number of fused-ring (bicyclic) bond motifs is 1. The molecule has 0 saturated heterocycles. The van der Waals surface area contributed by atoms with Crippen molar-refractivity contribution in [3.8, 4) is 17.2 Å². The number of carbonyl (C=O) groups excluding carboxylic acids is 1. The topological polar surface area (TPSA) is 87.0 Å². The van der Waals surface area contributed by atoms with Crippen molar-refractivity contribution in [2.24, 2.45) is 0 Å². The van der Waals surface area contributed by atoms with Crippen molar-refractivity contribution >= 4 is 5.91 Å². The zero-order valence-corrected chi connectivity index (χ0v) is 17.6. The second-order valence-electron chi connectivity index (χ2n) is 8.70. The zero-order chi connectivity index (χ0) is 21.4. The van der Waals surface area contributed by atoms with E-state index in [-0.39, 0.29) is 30.4 Å². The normalized spacial score (nSPS) is 22.6. The van der Waals surface area contributed by atoms with Gasteiger partial charge in [-0.15, -0.1) is 0 Å². The average Bonchev–Trinajstić information content (AvgIpc) is 3.15. The maximum absolute atomic E-state index is 12.8. The lowest BCUT2D eigenvalue weighted by Gasteiger charge is -2.29. The average molecular weight is 425 g/mol. The fraction of sp³-hybridized carbons (Fsp3) is 0.500. The molecule has 1 aromatic carbocycles. The molecular formula is C24H27NO6. The molecule has 0 bridgehead atoms. The molecule has 0 spiro atoms. The lowest BCUT2D eigenvalue weighted by Crippen LogP contribution is -2.41. The highest BCUT2D eigenvalue weighted by molar-refractivity contribution is 5.95. The molecule has 7 heteroatoms. The number of amides is 1. The molecule has 7 nitrogen and oxygen atoms in total. The van der Waals surface area contributed by atoms with Crippen molar-refractivity contribution in [1.29, 1.82) is 0 Å².